The second kappa shape index (κ2) is 8.73. The summed E-state index contributed by atoms with van der Waals surface area (Å²) in [4.78, 5) is 12.8. The lowest BCUT2D eigenvalue weighted by molar-refractivity contribution is -0.117. The fourth-order valence-electron chi connectivity index (χ4n) is 4.21. The summed E-state index contributed by atoms with van der Waals surface area (Å²) in [5.41, 5.74) is -0.227. The minimum Gasteiger partial charge on any atom is -0.384 e. The van der Waals surface area contributed by atoms with Gasteiger partial charge in [0.15, 0.2) is 15.7 Å². The number of ether oxygens (including phenoxy) is 2. The van der Waals surface area contributed by atoms with Crippen molar-refractivity contribution in [3.63, 3.8) is 0 Å². The van der Waals surface area contributed by atoms with Crippen LogP contribution in [-0.2, 0) is 29.5 Å². The van der Waals surface area contributed by atoms with Gasteiger partial charge in [0.25, 0.3) is 0 Å². The summed E-state index contributed by atoms with van der Waals surface area (Å²) in [5.74, 6) is 0.321. The first-order valence-corrected chi connectivity index (χ1v) is 11.9. The molecule has 0 bridgehead atoms. The van der Waals surface area contributed by atoms with Crippen molar-refractivity contribution in [2.45, 2.75) is 62.5 Å². The Labute approximate surface area is 172 Å². The van der Waals surface area contributed by atoms with E-state index in [0.717, 1.165) is 25.7 Å². The lowest BCUT2D eigenvalue weighted by Crippen LogP contribution is -2.47. The van der Waals surface area contributed by atoms with E-state index in [1.807, 2.05) is 0 Å². The highest BCUT2D eigenvalue weighted by Crippen LogP contribution is 2.42. The highest BCUT2D eigenvalue weighted by Gasteiger charge is 2.44. The molecular formula is C20H32N2O6S. The van der Waals surface area contributed by atoms with E-state index in [-0.39, 0.29) is 22.9 Å². The molecule has 8 nitrogen and oxygen atoms in total. The minimum atomic E-state index is -3.65. The van der Waals surface area contributed by atoms with Crippen molar-refractivity contribution in [1.29, 1.82) is 0 Å². The number of nitrogens with zero attached hydrogens (tertiary/aromatic N) is 1. The third-order valence-electron chi connectivity index (χ3n) is 6.38. The fraction of sp³-hybridized carbons (Fsp3) is 0.800. The highest BCUT2D eigenvalue weighted by molar-refractivity contribution is 7.93. The predicted molar refractivity (Wildman–Crippen MR) is 109 cm³/mol. The van der Waals surface area contributed by atoms with E-state index in [2.05, 4.69) is 10.5 Å². The molecule has 0 unspecified atom stereocenters. The van der Waals surface area contributed by atoms with E-state index in [1.165, 1.54) is 13.8 Å². The molecule has 0 aromatic carbocycles. The van der Waals surface area contributed by atoms with Crippen molar-refractivity contribution in [2.24, 2.45) is 5.92 Å². The van der Waals surface area contributed by atoms with E-state index in [9.17, 15) is 13.2 Å². The molecule has 1 saturated carbocycles. The summed E-state index contributed by atoms with van der Waals surface area (Å²) in [6.45, 7) is 4.55. The van der Waals surface area contributed by atoms with Gasteiger partial charge in [-0.3, -0.25) is 4.79 Å². The van der Waals surface area contributed by atoms with Gasteiger partial charge in [-0.25, -0.2) is 8.42 Å². The molecule has 2 fully saturated rings. The van der Waals surface area contributed by atoms with E-state index in [0.29, 0.717) is 38.4 Å². The van der Waals surface area contributed by atoms with Gasteiger partial charge >= 0.3 is 0 Å². The maximum absolute atomic E-state index is 12.9. The number of carbonyl (C=O) groups excluding carboxylic acids is 1. The van der Waals surface area contributed by atoms with Crippen molar-refractivity contribution in [1.82, 2.24) is 5.16 Å². The smallest absolute Gasteiger partial charge is 0.246 e. The van der Waals surface area contributed by atoms with Gasteiger partial charge in [0.2, 0.25) is 5.91 Å². The Bertz CT molecular complexity index is 805. The number of methoxy groups -OCH3 is 1. The zero-order valence-corrected chi connectivity index (χ0v) is 18.3. The first-order chi connectivity index (χ1) is 13.7. The van der Waals surface area contributed by atoms with Crippen molar-refractivity contribution in [2.75, 3.05) is 38.0 Å². The Morgan fingerprint density at radius 3 is 2.59 bits per heavy atom. The Morgan fingerprint density at radius 2 is 1.97 bits per heavy atom. The molecule has 1 aliphatic heterocycles. The van der Waals surface area contributed by atoms with Crippen LogP contribution in [0.2, 0.25) is 0 Å². The number of sulfone groups is 1. The van der Waals surface area contributed by atoms with E-state index >= 15 is 0 Å². The second-order valence-electron chi connectivity index (χ2n) is 8.80. The van der Waals surface area contributed by atoms with Crippen LogP contribution in [0, 0.1) is 5.92 Å². The quantitative estimate of drug-likeness (QED) is 0.678. The van der Waals surface area contributed by atoms with Crippen LogP contribution in [-0.4, -0.2) is 56.9 Å². The molecule has 164 valence electrons. The summed E-state index contributed by atoms with van der Waals surface area (Å²) >= 11 is 0. The maximum Gasteiger partial charge on any atom is 0.246 e. The van der Waals surface area contributed by atoms with Gasteiger partial charge in [-0.1, -0.05) is 18.0 Å². The highest BCUT2D eigenvalue weighted by atomic mass is 32.2. The summed E-state index contributed by atoms with van der Waals surface area (Å²) in [7, 11) is -2.00. The SMILES string of the molecule is COCC1(c2cc(NC(=O)C(C)(C)S(=O)(=O)CC3CCOCC3)no2)CCCC1. The molecule has 2 heterocycles. The van der Waals surface area contributed by atoms with Crippen LogP contribution in [0.25, 0.3) is 0 Å². The van der Waals surface area contributed by atoms with Crippen LogP contribution in [0.15, 0.2) is 10.6 Å². The van der Waals surface area contributed by atoms with Crippen LogP contribution in [0.5, 0.6) is 0 Å². The van der Waals surface area contributed by atoms with E-state index < -0.39 is 20.5 Å². The van der Waals surface area contributed by atoms with E-state index in [4.69, 9.17) is 14.0 Å². The summed E-state index contributed by atoms with van der Waals surface area (Å²) in [6.07, 6.45) is 5.45. The van der Waals surface area contributed by atoms with Gasteiger partial charge in [0.05, 0.1) is 17.8 Å². The zero-order valence-electron chi connectivity index (χ0n) is 17.5. The normalized spacial score (nSPS) is 20.7. The summed E-state index contributed by atoms with van der Waals surface area (Å²) in [6, 6.07) is 1.70. The number of anilines is 1. The second-order valence-corrected chi connectivity index (χ2v) is 11.4. The molecular weight excluding hydrogens is 396 g/mol. The van der Waals surface area contributed by atoms with Crippen molar-refractivity contribution < 1.29 is 27.2 Å². The monoisotopic (exact) mass is 428 g/mol. The number of rotatable bonds is 8. The number of nitrogens with one attached hydrogen (secondary N) is 1. The Kier molecular flexibility index (Phi) is 6.70. The van der Waals surface area contributed by atoms with Gasteiger partial charge in [-0.05, 0) is 45.4 Å². The van der Waals surface area contributed by atoms with Gasteiger partial charge in [-0.2, -0.15) is 0 Å². The molecule has 0 atom stereocenters. The molecule has 3 rings (SSSR count). The van der Waals surface area contributed by atoms with Gasteiger partial charge in [0.1, 0.15) is 10.5 Å². The van der Waals surface area contributed by atoms with Gasteiger partial charge in [-0.15, -0.1) is 0 Å². The molecule has 9 heteroatoms. The molecule has 1 amide bonds. The number of aromatic nitrogens is 1. The average molecular weight is 429 g/mol. The van der Waals surface area contributed by atoms with Crippen LogP contribution >= 0.6 is 0 Å². The minimum absolute atomic E-state index is 0.0161. The van der Waals surface area contributed by atoms with Crippen molar-refractivity contribution in [3.05, 3.63) is 11.8 Å². The fourth-order valence-corrected chi connectivity index (χ4v) is 5.92. The first-order valence-electron chi connectivity index (χ1n) is 10.3. The summed E-state index contributed by atoms with van der Waals surface area (Å²) in [5, 5.41) is 6.61. The van der Waals surface area contributed by atoms with Gasteiger partial charge < -0.3 is 19.3 Å². The molecule has 1 aliphatic carbocycles. The molecule has 2 aliphatic rings. The molecule has 29 heavy (non-hydrogen) atoms. The Balaban J connectivity index is 1.69. The molecule has 0 radical (unpaired) electrons. The standard InChI is InChI=1S/C20H32N2O6S/c1-19(2,29(24,25)13-15-6-10-27-11-7-15)18(23)21-17-12-16(28-22-17)20(14-26-3)8-4-5-9-20/h12,15H,4-11,13-14H2,1-3H3,(H,21,22,23). The van der Waals surface area contributed by atoms with Gasteiger partial charge in [0, 0.05) is 26.4 Å². The molecule has 1 aromatic heterocycles. The summed E-state index contributed by atoms with van der Waals surface area (Å²) < 4.78 is 40.5. The molecule has 1 N–H and O–H groups in total. The lowest BCUT2D eigenvalue weighted by Gasteiger charge is -2.28. The first kappa shape index (κ1) is 22.2. The largest absolute Gasteiger partial charge is 0.384 e. The van der Waals surface area contributed by atoms with Crippen LogP contribution in [0.4, 0.5) is 5.82 Å². The Morgan fingerprint density at radius 1 is 1.31 bits per heavy atom. The number of amides is 1. The maximum atomic E-state index is 12.9. The van der Waals surface area contributed by atoms with Crippen LogP contribution in [0.1, 0.15) is 58.1 Å². The van der Waals surface area contributed by atoms with Crippen LogP contribution in [0.3, 0.4) is 0 Å². The third kappa shape index (κ3) is 4.67. The number of hydrogen-bond donors (Lipinski definition) is 1. The zero-order chi connectivity index (χ0) is 21.1. The number of carbonyl (C=O) groups is 1. The lowest BCUT2D eigenvalue weighted by atomic mass is 9.84. The predicted octanol–water partition coefficient (Wildman–Crippen LogP) is 2.69. The van der Waals surface area contributed by atoms with E-state index in [1.54, 1.807) is 13.2 Å². The molecule has 0 spiro atoms. The topological polar surface area (TPSA) is 108 Å². The van der Waals surface area contributed by atoms with Crippen LogP contribution < -0.4 is 5.32 Å². The number of hydrogen-bond acceptors (Lipinski definition) is 7. The third-order valence-corrected chi connectivity index (χ3v) is 9.03. The molecule has 1 saturated heterocycles. The Hall–Kier alpha value is -1.45. The average Bonchev–Trinajstić information content (AvgIpc) is 3.33. The van der Waals surface area contributed by atoms with Crippen molar-refractivity contribution >= 4 is 21.6 Å². The molecule has 1 aromatic rings. The van der Waals surface area contributed by atoms with Crippen molar-refractivity contribution in [3.8, 4) is 0 Å².